The number of ether oxygens (including phenoxy) is 2. The Morgan fingerprint density at radius 3 is 2.70 bits per heavy atom. The third-order valence-electron chi connectivity index (χ3n) is 3.04. The minimum absolute atomic E-state index is 0.0171. The van der Waals surface area contributed by atoms with Gasteiger partial charge in [0.05, 0.1) is 18.2 Å². The zero-order chi connectivity index (χ0) is 16.7. The molecular formula is C17H15ClFNO3. The smallest absolute Gasteiger partial charge is 0.138 e. The van der Waals surface area contributed by atoms with Crippen molar-refractivity contribution >= 4 is 11.6 Å². The lowest BCUT2D eigenvalue weighted by Crippen LogP contribution is -2.23. The second-order valence-corrected chi connectivity index (χ2v) is 5.20. The van der Waals surface area contributed by atoms with Gasteiger partial charge in [-0.2, -0.15) is 5.26 Å². The molecule has 0 spiro atoms. The Morgan fingerprint density at radius 2 is 1.96 bits per heavy atom. The molecule has 2 aromatic carbocycles. The lowest BCUT2D eigenvalue weighted by atomic mass is 10.2. The minimum atomic E-state index is -0.910. The summed E-state index contributed by atoms with van der Waals surface area (Å²) in [5.74, 6) is -0.0519. The summed E-state index contributed by atoms with van der Waals surface area (Å²) in [4.78, 5) is 0. The molecule has 0 saturated carbocycles. The number of halogens is 2. The second kappa shape index (κ2) is 8.49. The largest absolute Gasteiger partial charge is 0.489 e. The number of aliphatic hydroxyl groups is 1. The molecule has 0 bridgehead atoms. The third-order valence-corrected chi connectivity index (χ3v) is 3.36. The van der Waals surface area contributed by atoms with Gasteiger partial charge in [0, 0.05) is 5.56 Å². The van der Waals surface area contributed by atoms with Crippen molar-refractivity contribution in [1.29, 1.82) is 5.26 Å². The molecule has 23 heavy (non-hydrogen) atoms. The fourth-order valence-corrected chi connectivity index (χ4v) is 2.10. The topological polar surface area (TPSA) is 62.5 Å². The maximum Gasteiger partial charge on any atom is 0.138 e. The summed E-state index contributed by atoms with van der Waals surface area (Å²) in [6.07, 6.45) is -0.910. The molecule has 0 saturated heterocycles. The SMILES string of the molecule is N#Cc1c(Cl)cccc1OCC(O)COCc1ccccc1F. The van der Waals surface area contributed by atoms with E-state index in [-0.39, 0.29) is 36.2 Å². The highest BCUT2D eigenvalue weighted by Crippen LogP contribution is 2.25. The van der Waals surface area contributed by atoms with Crippen LogP contribution in [0.25, 0.3) is 0 Å². The summed E-state index contributed by atoms with van der Waals surface area (Å²) >= 11 is 5.89. The molecule has 4 nitrogen and oxygen atoms in total. The van der Waals surface area contributed by atoms with Crippen LogP contribution in [0.4, 0.5) is 4.39 Å². The third kappa shape index (κ3) is 4.93. The van der Waals surface area contributed by atoms with Crippen molar-refractivity contribution in [1.82, 2.24) is 0 Å². The van der Waals surface area contributed by atoms with Crippen LogP contribution in [-0.4, -0.2) is 24.4 Å². The van der Waals surface area contributed by atoms with Crippen molar-refractivity contribution < 1.29 is 19.0 Å². The number of nitriles is 1. The van der Waals surface area contributed by atoms with Gasteiger partial charge in [0.15, 0.2) is 0 Å². The van der Waals surface area contributed by atoms with E-state index in [4.69, 9.17) is 26.3 Å². The monoisotopic (exact) mass is 335 g/mol. The maximum atomic E-state index is 13.4. The van der Waals surface area contributed by atoms with E-state index in [9.17, 15) is 9.50 Å². The first-order valence-electron chi connectivity index (χ1n) is 6.92. The number of hydrogen-bond acceptors (Lipinski definition) is 4. The van der Waals surface area contributed by atoms with Gasteiger partial charge in [-0.3, -0.25) is 0 Å². The van der Waals surface area contributed by atoms with Gasteiger partial charge in [0.25, 0.3) is 0 Å². The molecule has 0 aliphatic rings. The fraction of sp³-hybridized carbons (Fsp3) is 0.235. The van der Waals surface area contributed by atoms with E-state index in [1.54, 1.807) is 36.4 Å². The van der Waals surface area contributed by atoms with Crippen molar-refractivity contribution in [2.75, 3.05) is 13.2 Å². The molecule has 2 rings (SSSR count). The Labute approximate surface area is 138 Å². The van der Waals surface area contributed by atoms with Crippen molar-refractivity contribution in [3.05, 3.63) is 64.4 Å². The highest BCUT2D eigenvalue weighted by molar-refractivity contribution is 6.31. The van der Waals surface area contributed by atoms with Crippen LogP contribution in [-0.2, 0) is 11.3 Å². The first-order chi connectivity index (χ1) is 11.1. The Hall–Kier alpha value is -2.13. The first kappa shape index (κ1) is 17.2. The normalized spacial score (nSPS) is 11.7. The van der Waals surface area contributed by atoms with Crippen molar-refractivity contribution in [3.8, 4) is 11.8 Å². The standard InChI is InChI=1S/C17H15ClFNO3/c18-15-5-3-7-17(14(15)8-20)23-11-13(21)10-22-9-12-4-1-2-6-16(12)19/h1-7,13,21H,9-11H2. The highest BCUT2D eigenvalue weighted by atomic mass is 35.5. The predicted octanol–water partition coefficient (Wildman–Crippen LogP) is 3.31. The van der Waals surface area contributed by atoms with Crippen LogP contribution in [0.15, 0.2) is 42.5 Å². The molecule has 2 aromatic rings. The molecule has 1 unspecified atom stereocenters. The van der Waals surface area contributed by atoms with Crippen LogP contribution >= 0.6 is 11.6 Å². The number of aliphatic hydroxyl groups excluding tert-OH is 1. The molecule has 0 aliphatic heterocycles. The van der Waals surface area contributed by atoms with Crippen molar-refractivity contribution in [2.45, 2.75) is 12.7 Å². The van der Waals surface area contributed by atoms with Gasteiger partial charge in [-0.15, -0.1) is 0 Å². The fourth-order valence-electron chi connectivity index (χ4n) is 1.89. The van der Waals surface area contributed by atoms with E-state index in [2.05, 4.69) is 0 Å². The summed E-state index contributed by atoms with van der Waals surface area (Å²) in [6.45, 7) is -0.0204. The van der Waals surface area contributed by atoms with Gasteiger partial charge in [-0.25, -0.2) is 4.39 Å². The summed E-state index contributed by atoms with van der Waals surface area (Å²) in [7, 11) is 0. The van der Waals surface area contributed by atoms with Crippen LogP contribution in [0.5, 0.6) is 5.75 Å². The van der Waals surface area contributed by atoms with Crippen LogP contribution in [0, 0.1) is 17.1 Å². The van der Waals surface area contributed by atoms with Gasteiger partial charge in [0.1, 0.15) is 35.9 Å². The predicted molar refractivity (Wildman–Crippen MR) is 83.7 cm³/mol. The maximum absolute atomic E-state index is 13.4. The van der Waals surface area contributed by atoms with Gasteiger partial charge in [0.2, 0.25) is 0 Å². The van der Waals surface area contributed by atoms with E-state index in [0.717, 1.165) is 0 Å². The van der Waals surface area contributed by atoms with E-state index in [1.165, 1.54) is 6.07 Å². The second-order valence-electron chi connectivity index (χ2n) is 4.80. The molecule has 1 N–H and O–H groups in total. The van der Waals surface area contributed by atoms with Crippen LogP contribution in [0.3, 0.4) is 0 Å². The Bertz CT molecular complexity index is 702. The molecular weight excluding hydrogens is 321 g/mol. The lowest BCUT2D eigenvalue weighted by Gasteiger charge is -2.14. The Kier molecular flexibility index (Phi) is 6.36. The van der Waals surface area contributed by atoms with Gasteiger partial charge in [-0.05, 0) is 18.2 Å². The number of hydrogen-bond donors (Lipinski definition) is 1. The number of nitrogens with zero attached hydrogens (tertiary/aromatic N) is 1. The molecule has 0 aromatic heterocycles. The van der Waals surface area contributed by atoms with Crippen molar-refractivity contribution in [3.63, 3.8) is 0 Å². The van der Waals surface area contributed by atoms with Gasteiger partial charge in [-0.1, -0.05) is 35.9 Å². The molecule has 0 radical (unpaired) electrons. The molecule has 0 amide bonds. The molecule has 0 heterocycles. The quantitative estimate of drug-likeness (QED) is 0.843. The van der Waals surface area contributed by atoms with Gasteiger partial charge < -0.3 is 14.6 Å². The Balaban J connectivity index is 1.80. The van der Waals surface area contributed by atoms with Crippen LogP contribution in [0.2, 0.25) is 5.02 Å². The summed E-state index contributed by atoms with van der Waals surface area (Å²) in [5.41, 5.74) is 0.635. The average Bonchev–Trinajstić information content (AvgIpc) is 2.55. The Morgan fingerprint density at radius 1 is 1.17 bits per heavy atom. The van der Waals surface area contributed by atoms with Crippen LogP contribution < -0.4 is 4.74 Å². The summed E-state index contributed by atoms with van der Waals surface area (Å²) < 4.78 is 24.1. The van der Waals surface area contributed by atoms with Gasteiger partial charge >= 0.3 is 0 Å². The summed E-state index contributed by atoms with van der Waals surface area (Å²) in [5, 5.41) is 19.1. The van der Waals surface area contributed by atoms with E-state index in [0.29, 0.717) is 11.3 Å². The zero-order valence-corrected chi connectivity index (χ0v) is 13.0. The zero-order valence-electron chi connectivity index (χ0n) is 12.2. The molecule has 6 heteroatoms. The number of benzene rings is 2. The average molecular weight is 336 g/mol. The highest BCUT2D eigenvalue weighted by Gasteiger charge is 2.11. The van der Waals surface area contributed by atoms with E-state index < -0.39 is 6.10 Å². The van der Waals surface area contributed by atoms with E-state index >= 15 is 0 Å². The lowest BCUT2D eigenvalue weighted by molar-refractivity contribution is 0.00472. The first-order valence-corrected chi connectivity index (χ1v) is 7.30. The molecule has 120 valence electrons. The number of rotatable bonds is 7. The summed E-state index contributed by atoms with van der Waals surface area (Å²) in [6, 6.07) is 13.0. The van der Waals surface area contributed by atoms with Crippen molar-refractivity contribution in [2.24, 2.45) is 0 Å². The van der Waals surface area contributed by atoms with E-state index in [1.807, 2.05) is 6.07 Å². The molecule has 0 aliphatic carbocycles. The minimum Gasteiger partial charge on any atom is -0.489 e. The van der Waals surface area contributed by atoms with Crippen LogP contribution in [0.1, 0.15) is 11.1 Å². The molecule has 0 fully saturated rings. The molecule has 1 atom stereocenters.